The molecule has 2 aromatic heterocycles. The normalized spacial score (nSPS) is 11.5. The number of benzene rings is 1. The van der Waals surface area contributed by atoms with E-state index in [1.807, 2.05) is 41.2 Å². The molecule has 0 unspecified atom stereocenters. The molecule has 1 aromatic carbocycles. The van der Waals surface area contributed by atoms with E-state index >= 15 is 0 Å². The summed E-state index contributed by atoms with van der Waals surface area (Å²) in [6.45, 7) is 16.5. The highest BCUT2D eigenvalue weighted by Gasteiger charge is 2.14. The van der Waals surface area contributed by atoms with Crippen molar-refractivity contribution >= 4 is 22.8 Å². The van der Waals surface area contributed by atoms with Crippen LogP contribution in [0.3, 0.4) is 0 Å². The molecule has 31 heavy (non-hydrogen) atoms. The summed E-state index contributed by atoms with van der Waals surface area (Å²) in [7, 11) is 0. The Balaban J connectivity index is 1.86. The van der Waals surface area contributed by atoms with Crippen LogP contribution in [-0.2, 0) is 0 Å². The van der Waals surface area contributed by atoms with E-state index < -0.39 is 0 Å². The number of nitrogens with one attached hydrogen (secondary N) is 2. The smallest absolute Gasteiger partial charge is 0.226 e. The average molecular weight is 425 g/mol. The summed E-state index contributed by atoms with van der Waals surface area (Å²) in [5.74, 6) is 1.45. The number of nitrogens with zero attached hydrogens (tertiary/aromatic N) is 6. The third-order valence-electron chi connectivity index (χ3n) is 5.65. The molecule has 0 saturated carbocycles. The maximum atomic E-state index is 4.81. The Morgan fingerprint density at radius 3 is 2.03 bits per heavy atom. The van der Waals surface area contributed by atoms with E-state index in [0.717, 1.165) is 74.9 Å². The maximum absolute atomic E-state index is 4.81. The minimum atomic E-state index is 0.627. The van der Waals surface area contributed by atoms with Gasteiger partial charge in [0.1, 0.15) is 5.82 Å². The van der Waals surface area contributed by atoms with Gasteiger partial charge in [0.25, 0.3) is 0 Å². The van der Waals surface area contributed by atoms with E-state index in [0.29, 0.717) is 5.95 Å². The van der Waals surface area contributed by atoms with Gasteiger partial charge in [0.15, 0.2) is 5.65 Å². The SMILES string of the molecule is CCN(CC)CCNc1nc(NCCN(CC)CC)c2cnn(-c3ccccc3)c2n1. The van der Waals surface area contributed by atoms with Gasteiger partial charge in [-0.3, -0.25) is 0 Å². The minimum absolute atomic E-state index is 0.627. The van der Waals surface area contributed by atoms with Crippen LogP contribution in [0.5, 0.6) is 0 Å². The highest BCUT2D eigenvalue weighted by molar-refractivity contribution is 5.88. The van der Waals surface area contributed by atoms with Gasteiger partial charge in [-0.15, -0.1) is 0 Å². The Kier molecular flexibility index (Phi) is 8.61. The van der Waals surface area contributed by atoms with Crippen LogP contribution in [0.2, 0.25) is 0 Å². The zero-order valence-electron chi connectivity index (χ0n) is 19.3. The predicted octanol–water partition coefficient (Wildman–Crippen LogP) is 3.32. The second-order valence-corrected chi connectivity index (χ2v) is 7.43. The second kappa shape index (κ2) is 11.6. The molecule has 0 radical (unpaired) electrons. The molecule has 0 saturated heterocycles. The van der Waals surface area contributed by atoms with Crippen molar-refractivity contribution in [3.8, 4) is 5.69 Å². The number of rotatable bonds is 13. The van der Waals surface area contributed by atoms with Gasteiger partial charge < -0.3 is 20.4 Å². The number of hydrogen-bond donors (Lipinski definition) is 2. The van der Waals surface area contributed by atoms with Crippen molar-refractivity contribution in [1.29, 1.82) is 0 Å². The summed E-state index contributed by atoms with van der Waals surface area (Å²) in [4.78, 5) is 14.4. The van der Waals surface area contributed by atoms with Crippen molar-refractivity contribution in [3.05, 3.63) is 36.5 Å². The van der Waals surface area contributed by atoms with Crippen LogP contribution in [0, 0.1) is 0 Å². The fraction of sp³-hybridized carbons (Fsp3) is 0.522. The molecule has 0 spiro atoms. The first-order valence-corrected chi connectivity index (χ1v) is 11.4. The van der Waals surface area contributed by atoms with Gasteiger partial charge >= 0.3 is 0 Å². The highest BCUT2D eigenvalue weighted by atomic mass is 15.3. The molecule has 0 aliphatic heterocycles. The summed E-state index contributed by atoms with van der Waals surface area (Å²) in [6, 6.07) is 10.1. The summed E-state index contributed by atoms with van der Waals surface area (Å²) >= 11 is 0. The van der Waals surface area contributed by atoms with Crippen LogP contribution in [0.4, 0.5) is 11.8 Å². The van der Waals surface area contributed by atoms with E-state index in [-0.39, 0.29) is 0 Å². The molecule has 0 fully saturated rings. The van der Waals surface area contributed by atoms with Crippen LogP contribution < -0.4 is 10.6 Å². The van der Waals surface area contributed by atoms with Gasteiger partial charge in [-0.1, -0.05) is 45.9 Å². The second-order valence-electron chi connectivity index (χ2n) is 7.43. The van der Waals surface area contributed by atoms with E-state index in [1.165, 1.54) is 0 Å². The number of para-hydroxylation sites is 1. The lowest BCUT2D eigenvalue weighted by atomic mass is 10.3. The first-order chi connectivity index (χ1) is 15.2. The summed E-state index contributed by atoms with van der Waals surface area (Å²) in [6.07, 6.45) is 1.85. The minimum Gasteiger partial charge on any atom is -0.368 e. The Bertz CT molecular complexity index is 916. The molecule has 3 rings (SSSR count). The van der Waals surface area contributed by atoms with Crippen LogP contribution >= 0.6 is 0 Å². The molecule has 2 heterocycles. The number of fused-ring (bicyclic) bond motifs is 1. The molecular weight excluding hydrogens is 388 g/mol. The van der Waals surface area contributed by atoms with E-state index in [2.05, 4.69) is 53.2 Å². The van der Waals surface area contributed by atoms with Crippen molar-refractivity contribution in [2.75, 3.05) is 63.0 Å². The molecule has 8 heteroatoms. The molecule has 168 valence electrons. The lowest BCUT2D eigenvalue weighted by Gasteiger charge is -2.19. The molecule has 0 aliphatic carbocycles. The van der Waals surface area contributed by atoms with Gasteiger partial charge in [-0.05, 0) is 38.3 Å². The third kappa shape index (κ3) is 5.92. The zero-order chi connectivity index (χ0) is 22.1. The van der Waals surface area contributed by atoms with Gasteiger partial charge in [0.2, 0.25) is 5.95 Å². The van der Waals surface area contributed by atoms with Crippen LogP contribution in [0.25, 0.3) is 16.7 Å². The molecule has 3 aromatic rings. The Morgan fingerprint density at radius 1 is 0.806 bits per heavy atom. The topological polar surface area (TPSA) is 74.1 Å². The average Bonchev–Trinajstić information content (AvgIpc) is 3.24. The Hall–Kier alpha value is -2.71. The van der Waals surface area contributed by atoms with Gasteiger partial charge in [-0.25, -0.2) is 4.68 Å². The predicted molar refractivity (Wildman–Crippen MR) is 129 cm³/mol. The van der Waals surface area contributed by atoms with Crippen molar-refractivity contribution < 1.29 is 0 Å². The van der Waals surface area contributed by atoms with Crippen molar-refractivity contribution in [3.63, 3.8) is 0 Å². The van der Waals surface area contributed by atoms with E-state index in [4.69, 9.17) is 9.97 Å². The molecule has 0 aliphatic rings. The van der Waals surface area contributed by atoms with Crippen LogP contribution in [-0.4, -0.2) is 81.9 Å². The Labute approximate surface area is 185 Å². The first kappa shape index (κ1) is 23.0. The fourth-order valence-corrected chi connectivity index (χ4v) is 3.62. The van der Waals surface area contributed by atoms with Gasteiger partial charge in [-0.2, -0.15) is 15.1 Å². The lowest BCUT2D eigenvalue weighted by molar-refractivity contribution is 0.315. The largest absolute Gasteiger partial charge is 0.368 e. The Morgan fingerprint density at radius 2 is 1.42 bits per heavy atom. The van der Waals surface area contributed by atoms with E-state index in [9.17, 15) is 0 Å². The summed E-state index contributed by atoms with van der Waals surface area (Å²) in [5.41, 5.74) is 1.79. The van der Waals surface area contributed by atoms with Crippen molar-refractivity contribution in [2.45, 2.75) is 27.7 Å². The molecular formula is C23H36N8. The number of anilines is 2. The quantitative estimate of drug-likeness (QED) is 0.436. The number of aromatic nitrogens is 4. The fourth-order valence-electron chi connectivity index (χ4n) is 3.62. The van der Waals surface area contributed by atoms with Crippen LogP contribution in [0.15, 0.2) is 36.5 Å². The zero-order valence-corrected chi connectivity index (χ0v) is 19.3. The van der Waals surface area contributed by atoms with Crippen molar-refractivity contribution in [1.82, 2.24) is 29.5 Å². The summed E-state index contributed by atoms with van der Waals surface area (Å²) < 4.78 is 1.88. The van der Waals surface area contributed by atoms with E-state index in [1.54, 1.807) is 0 Å². The lowest BCUT2D eigenvalue weighted by Crippen LogP contribution is -2.29. The number of hydrogen-bond acceptors (Lipinski definition) is 7. The number of likely N-dealkylation sites (N-methyl/N-ethyl adjacent to an activating group) is 2. The standard InChI is InChI=1S/C23H36N8/c1-5-29(6-2)16-14-24-21-20-18-26-31(19-12-10-9-11-13-19)22(20)28-23(27-21)25-15-17-30(7-3)8-4/h9-13,18H,5-8,14-17H2,1-4H3,(H2,24,25,27,28). The monoisotopic (exact) mass is 424 g/mol. The van der Waals surface area contributed by atoms with Gasteiger partial charge in [0.05, 0.1) is 17.3 Å². The third-order valence-corrected chi connectivity index (χ3v) is 5.65. The maximum Gasteiger partial charge on any atom is 0.226 e. The summed E-state index contributed by atoms with van der Waals surface area (Å²) in [5, 5.41) is 12.5. The molecule has 8 nitrogen and oxygen atoms in total. The van der Waals surface area contributed by atoms with Gasteiger partial charge in [0, 0.05) is 26.2 Å². The molecule has 0 bridgehead atoms. The molecule has 2 N–H and O–H groups in total. The molecule has 0 amide bonds. The highest BCUT2D eigenvalue weighted by Crippen LogP contribution is 2.24. The van der Waals surface area contributed by atoms with Crippen molar-refractivity contribution in [2.24, 2.45) is 0 Å². The molecule has 0 atom stereocenters. The first-order valence-electron chi connectivity index (χ1n) is 11.4. The van der Waals surface area contributed by atoms with Crippen LogP contribution in [0.1, 0.15) is 27.7 Å².